The van der Waals surface area contributed by atoms with Crippen molar-refractivity contribution in [3.63, 3.8) is 0 Å². The highest BCUT2D eigenvalue weighted by Gasteiger charge is 2.08. The molecule has 0 fully saturated rings. The van der Waals surface area contributed by atoms with Crippen LogP contribution in [-0.4, -0.2) is 20.9 Å². The van der Waals surface area contributed by atoms with Gasteiger partial charge in [0.2, 0.25) is 0 Å². The van der Waals surface area contributed by atoms with E-state index in [0.717, 1.165) is 8.80 Å². The maximum absolute atomic E-state index is 5.51. The highest BCUT2D eigenvalue weighted by atomic mass is 127. The summed E-state index contributed by atoms with van der Waals surface area (Å²) in [6, 6.07) is 0. The van der Waals surface area contributed by atoms with E-state index in [0.29, 0.717) is 6.54 Å². The minimum absolute atomic E-state index is 0.00745. The van der Waals surface area contributed by atoms with E-state index in [1.54, 1.807) is 11.8 Å². The Kier molecular flexibility index (Phi) is 5.72. The van der Waals surface area contributed by atoms with Crippen LogP contribution in [-0.2, 0) is 0 Å². The van der Waals surface area contributed by atoms with Crippen molar-refractivity contribution in [3.05, 3.63) is 0 Å². The van der Waals surface area contributed by atoms with Crippen LogP contribution in [0.2, 0.25) is 0 Å². The molecule has 0 bridgehead atoms. The average molecular weight is 286 g/mol. The van der Waals surface area contributed by atoms with Crippen molar-refractivity contribution in [2.24, 2.45) is 10.7 Å². The quantitative estimate of drug-likeness (QED) is 0.366. The van der Waals surface area contributed by atoms with Crippen molar-refractivity contribution in [2.45, 2.75) is 26.3 Å². The summed E-state index contributed by atoms with van der Waals surface area (Å²) < 4.78 is 1.02. The van der Waals surface area contributed by atoms with Crippen LogP contribution in [0.3, 0.4) is 0 Å². The number of alkyl halides is 1. The highest BCUT2D eigenvalue weighted by Crippen LogP contribution is 2.13. The zero-order valence-corrected chi connectivity index (χ0v) is 10.2. The molecule has 0 aliphatic heterocycles. The largest absolute Gasteiger partial charge is 0.325 e. The fourth-order valence-electron chi connectivity index (χ4n) is 0.574. The van der Waals surface area contributed by atoms with Crippen molar-refractivity contribution in [3.8, 4) is 0 Å². The zero-order chi connectivity index (χ0) is 8.91. The lowest BCUT2D eigenvalue weighted by atomic mass is 10.1. The highest BCUT2D eigenvalue weighted by molar-refractivity contribution is 14.1. The van der Waals surface area contributed by atoms with Gasteiger partial charge in [-0.25, -0.2) is 0 Å². The number of aliphatic imine (C=N–C) groups is 1. The second kappa shape index (κ2) is 5.37. The second-order valence-electron chi connectivity index (χ2n) is 3.13. The molecule has 0 spiro atoms. The van der Waals surface area contributed by atoms with Gasteiger partial charge in [-0.1, -0.05) is 34.4 Å². The van der Waals surface area contributed by atoms with E-state index in [2.05, 4.69) is 48.4 Å². The van der Waals surface area contributed by atoms with Crippen LogP contribution in [0.15, 0.2) is 4.99 Å². The minimum atomic E-state index is 0.00745. The predicted octanol–water partition coefficient (Wildman–Crippen LogP) is 2.27. The van der Waals surface area contributed by atoms with Crippen LogP contribution >= 0.6 is 34.4 Å². The first-order valence-electron chi connectivity index (χ1n) is 3.47. The molecule has 0 saturated carbocycles. The van der Waals surface area contributed by atoms with Gasteiger partial charge in [0.15, 0.2) is 0 Å². The smallest absolute Gasteiger partial charge is 0.0826 e. The van der Waals surface area contributed by atoms with Gasteiger partial charge in [0.05, 0.1) is 14.3 Å². The lowest BCUT2D eigenvalue weighted by Gasteiger charge is -2.14. The summed E-state index contributed by atoms with van der Waals surface area (Å²) >= 11 is 4.02. The Morgan fingerprint density at radius 3 is 2.36 bits per heavy atom. The van der Waals surface area contributed by atoms with Gasteiger partial charge < -0.3 is 5.73 Å². The lowest BCUT2D eigenvalue weighted by molar-refractivity contribution is 0.585. The van der Waals surface area contributed by atoms with E-state index in [-0.39, 0.29) is 5.54 Å². The fourth-order valence-corrected chi connectivity index (χ4v) is 2.23. The van der Waals surface area contributed by atoms with Crippen LogP contribution < -0.4 is 5.73 Å². The molecule has 66 valence electrons. The molecule has 0 atom stereocenters. The van der Waals surface area contributed by atoms with E-state index in [1.807, 2.05) is 0 Å². The molecule has 0 radical (unpaired) electrons. The van der Waals surface area contributed by atoms with Crippen LogP contribution in [0.4, 0.5) is 0 Å². The molecule has 0 amide bonds. The Balaban J connectivity index is 4.11. The summed E-state index contributed by atoms with van der Waals surface area (Å²) in [6.07, 6.45) is 0. The van der Waals surface area contributed by atoms with Crippen molar-refractivity contribution >= 4 is 39.4 Å². The maximum atomic E-state index is 5.51. The third kappa shape index (κ3) is 7.08. The molecular formula is C7H15IN2S. The van der Waals surface area contributed by atoms with Gasteiger partial charge in [-0.2, -0.15) is 0 Å². The Morgan fingerprint density at radius 1 is 1.55 bits per heavy atom. The molecule has 0 aliphatic rings. The predicted molar refractivity (Wildman–Crippen MR) is 62.7 cm³/mol. The molecule has 0 rings (SSSR count). The van der Waals surface area contributed by atoms with Gasteiger partial charge in [-0.05, 0) is 20.8 Å². The molecule has 0 aromatic carbocycles. The number of thioether (sulfide) groups is 1. The number of nitrogens with two attached hydrogens (primary N) is 1. The van der Waals surface area contributed by atoms with Crippen LogP contribution in [0.5, 0.6) is 0 Å². The first-order valence-corrected chi connectivity index (χ1v) is 5.98. The third-order valence-electron chi connectivity index (χ3n) is 0.856. The lowest BCUT2D eigenvalue weighted by Crippen LogP contribution is -2.18. The molecular weight excluding hydrogens is 271 g/mol. The maximum Gasteiger partial charge on any atom is 0.0826 e. The van der Waals surface area contributed by atoms with Gasteiger partial charge in [0.1, 0.15) is 0 Å². The topological polar surface area (TPSA) is 38.4 Å². The minimum Gasteiger partial charge on any atom is -0.325 e. The monoisotopic (exact) mass is 286 g/mol. The summed E-state index contributed by atoms with van der Waals surface area (Å²) in [5.41, 5.74) is 5.52. The number of rotatable bonds is 2. The molecule has 0 aromatic heterocycles. The fraction of sp³-hybridized carbons (Fsp3) is 0.857. The van der Waals surface area contributed by atoms with Crippen molar-refractivity contribution in [2.75, 3.05) is 10.3 Å². The summed E-state index contributed by atoms with van der Waals surface area (Å²) in [4.78, 5) is 4.47. The molecule has 11 heavy (non-hydrogen) atoms. The first-order chi connectivity index (χ1) is 4.99. The molecule has 2 nitrogen and oxygen atoms in total. The Bertz CT molecular complexity index is 140. The Labute approximate surface area is 86.5 Å². The Hall–Kier alpha value is 0.710. The molecule has 0 aliphatic carbocycles. The van der Waals surface area contributed by atoms with Gasteiger partial charge >= 0.3 is 0 Å². The summed E-state index contributed by atoms with van der Waals surface area (Å²) in [6.45, 7) is 6.80. The van der Waals surface area contributed by atoms with E-state index >= 15 is 0 Å². The van der Waals surface area contributed by atoms with Crippen LogP contribution in [0.25, 0.3) is 0 Å². The van der Waals surface area contributed by atoms with Crippen LogP contribution in [0.1, 0.15) is 20.8 Å². The Morgan fingerprint density at radius 2 is 2.09 bits per heavy atom. The van der Waals surface area contributed by atoms with E-state index < -0.39 is 0 Å². The molecule has 0 unspecified atom stereocenters. The van der Waals surface area contributed by atoms with E-state index in [4.69, 9.17) is 5.73 Å². The van der Waals surface area contributed by atoms with Gasteiger partial charge in [-0.3, -0.25) is 4.99 Å². The molecule has 2 N–H and O–H groups in total. The van der Waals surface area contributed by atoms with Gasteiger partial charge in [-0.15, -0.1) is 0 Å². The summed E-state index contributed by atoms with van der Waals surface area (Å²) in [5.74, 6) is 0. The third-order valence-corrected chi connectivity index (χ3v) is 2.49. The first kappa shape index (κ1) is 11.7. The number of nitrogens with zero attached hydrogens (tertiary/aromatic N) is 1. The van der Waals surface area contributed by atoms with Crippen molar-refractivity contribution < 1.29 is 0 Å². The van der Waals surface area contributed by atoms with Gasteiger partial charge in [0.25, 0.3) is 0 Å². The van der Waals surface area contributed by atoms with Gasteiger partial charge in [0, 0.05) is 6.54 Å². The molecule has 4 heteroatoms. The van der Waals surface area contributed by atoms with E-state index in [9.17, 15) is 0 Å². The molecule has 0 heterocycles. The summed E-state index contributed by atoms with van der Waals surface area (Å²) in [7, 11) is 0. The SMILES string of the molecule is CC(C)(C)N=C(CN)SCI. The van der Waals surface area contributed by atoms with E-state index in [1.165, 1.54) is 0 Å². The zero-order valence-electron chi connectivity index (χ0n) is 7.22. The van der Waals surface area contributed by atoms with Crippen LogP contribution in [0, 0.1) is 0 Å². The summed E-state index contributed by atoms with van der Waals surface area (Å²) in [5, 5.41) is 1.05. The average Bonchev–Trinajstić information content (AvgIpc) is 1.84. The van der Waals surface area contributed by atoms with Crippen molar-refractivity contribution in [1.82, 2.24) is 0 Å². The second-order valence-corrected chi connectivity index (χ2v) is 5.98. The normalized spacial score (nSPS) is 13.7. The number of hydrogen-bond donors (Lipinski definition) is 1. The number of hydrogen-bond acceptors (Lipinski definition) is 3. The van der Waals surface area contributed by atoms with Crippen molar-refractivity contribution in [1.29, 1.82) is 0 Å². The number of halogens is 1. The standard InChI is InChI=1S/C7H15IN2S/c1-7(2,3)10-6(4-9)11-5-8/h4-5,9H2,1-3H3. The molecule has 0 aromatic rings. The molecule has 0 saturated heterocycles.